The second kappa shape index (κ2) is 4.10. The summed E-state index contributed by atoms with van der Waals surface area (Å²) in [5, 5.41) is 8.78. The Morgan fingerprint density at radius 3 is 2.93 bits per heavy atom. The summed E-state index contributed by atoms with van der Waals surface area (Å²) in [6.45, 7) is 0. The Hall–Kier alpha value is -1.88. The third-order valence-electron chi connectivity index (χ3n) is 1.72. The van der Waals surface area contributed by atoms with Crippen molar-refractivity contribution in [2.24, 2.45) is 0 Å². The number of pyridine rings is 1. The van der Waals surface area contributed by atoms with Crippen molar-refractivity contribution in [1.29, 1.82) is 0 Å². The summed E-state index contributed by atoms with van der Waals surface area (Å²) in [5.74, 6) is 0. The minimum absolute atomic E-state index is 0.362. The van der Waals surface area contributed by atoms with Crippen LogP contribution in [0, 0.1) is 0 Å². The molecule has 2 heterocycles. The van der Waals surface area contributed by atoms with Gasteiger partial charge in [-0.1, -0.05) is 17.4 Å². The van der Waals surface area contributed by atoms with Crippen LogP contribution in [0.4, 0.5) is 4.79 Å². The zero-order valence-electron chi connectivity index (χ0n) is 7.58. The van der Waals surface area contributed by atoms with Crippen molar-refractivity contribution >= 4 is 17.5 Å². The molecule has 0 aliphatic rings. The first-order valence-electron chi connectivity index (χ1n) is 4.17. The van der Waals surface area contributed by atoms with E-state index in [-0.39, 0.29) is 0 Å². The van der Waals surface area contributed by atoms with Gasteiger partial charge in [0.05, 0.1) is 0 Å². The lowest BCUT2D eigenvalue weighted by molar-refractivity contribution is 0.146. The van der Waals surface area contributed by atoms with E-state index in [2.05, 4.69) is 9.72 Å². The van der Waals surface area contributed by atoms with Crippen molar-refractivity contribution in [2.75, 3.05) is 0 Å². The van der Waals surface area contributed by atoms with Crippen LogP contribution in [-0.2, 0) is 0 Å². The van der Waals surface area contributed by atoms with Crippen molar-refractivity contribution in [3.05, 3.63) is 36.7 Å². The minimum Gasteiger partial charge on any atom is -0.449 e. The van der Waals surface area contributed by atoms with Gasteiger partial charge in [0.15, 0.2) is 5.06 Å². The second-order valence-corrected chi connectivity index (χ2v) is 3.77. The zero-order valence-corrected chi connectivity index (χ0v) is 8.40. The van der Waals surface area contributed by atoms with Crippen molar-refractivity contribution < 1.29 is 14.6 Å². The highest BCUT2D eigenvalue weighted by Gasteiger charge is 2.06. The molecule has 0 aliphatic heterocycles. The average molecular weight is 221 g/mol. The summed E-state index contributed by atoms with van der Waals surface area (Å²) < 4.78 is 4.53. The average Bonchev–Trinajstić information content (AvgIpc) is 2.67. The number of ether oxygens (including phenoxy) is 1. The molecule has 0 saturated heterocycles. The van der Waals surface area contributed by atoms with Gasteiger partial charge in [0.2, 0.25) is 0 Å². The van der Waals surface area contributed by atoms with E-state index in [0.29, 0.717) is 5.06 Å². The zero-order chi connectivity index (χ0) is 10.7. The fourth-order valence-electron chi connectivity index (χ4n) is 1.12. The first kappa shape index (κ1) is 9.67. The standard InChI is InChI=1S/C10H7NO3S/c12-10(13)14-9-4-3-8(15-9)7-2-1-5-11-6-7/h1-6H,(H,12,13). The van der Waals surface area contributed by atoms with Gasteiger partial charge in [-0.2, -0.15) is 0 Å². The number of carboxylic acid groups (broad SMARTS) is 1. The van der Waals surface area contributed by atoms with Crippen molar-refractivity contribution in [3.63, 3.8) is 0 Å². The van der Waals surface area contributed by atoms with E-state index in [4.69, 9.17) is 5.11 Å². The third-order valence-corrected chi connectivity index (χ3v) is 2.73. The molecule has 0 aliphatic carbocycles. The SMILES string of the molecule is O=C(O)Oc1ccc(-c2cccnc2)s1. The van der Waals surface area contributed by atoms with Crippen LogP contribution in [0.1, 0.15) is 0 Å². The fraction of sp³-hybridized carbons (Fsp3) is 0. The summed E-state index contributed by atoms with van der Waals surface area (Å²) in [6.07, 6.45) is 2.11. The van der Waals surface area contributed by atoms with E-state index < -0.39 is 6.16 Å². The Kier molecular flexibility index (Phi) is 2.64. The topological polar surface area (TPSA) is 59.4 Å². The highest BCUT2D eigenvalue weighted by molar-refractivity contribution is 7.17. The number of carbonyl (C=O) groups is 1. The Morgan fingerprint density at radius 1 is 1.40 bits per heavy atom. The lowest BCUT2D eigenvalue weighted by atomic mass is 10.2. The van der Waals surface area contributed by atoms with Crippen LogP contribution in [0.3, 0.4) is 0 Å². The van der Waals surface area contributed by atoms with Crippen LogP contribution in [-0.4, -0.2) is 16.2 Å². The molecule has 0 saturated carbocycles. The highest BCUT2D eigenvalue weighted by Crippen LogP contribution is 2.32. The van der Waals surface area contributed by atoms with Crippen LogP contribution in [0.2, 0.25) is 0 Å². The molecule has 0 radical (unpaired) electrons. The van der Waals surface area contributed by atoms with Gasteiger partial charge >= 0.3 is 6.16 Å². The summed E-state index contributed by atoms with van der Waals surface area (Å²) in [4.78, 5) is 15.2. The van der Waals surface area contributed by atoms with Crippen LogP contribution in [0.25, 0.3) is 10.4 Å². The van der Waals surface area contributed by atoms with E-state index in [1.807, 2.05) is 12.1 Å². The highest BCUT2D eigenvalue weighted by atomic mass is 32.1. The van der Waals surface area contributed by atoms with E-state index >= 15 is 0 Å². The first-order chi connectivity index (χ1) is 7.25. The van der Waals surface area contributed by atoms with Gasteiger partial charge in [-0.05, 0) is 18.2 Å². The van der Waals surface area contributed by atoms with Crippen LogP contribution < -0.4 is 4.74 Å². The van der Waals surface area contributed by atoms with Crippen molar-refractivity contribution in [2.45, 2.75) is 0 Å². The molecule has 0 unspecified atom stereocenters. The predicted octanol–water partition coefficient (Wildman–Crippen LogP) is 2.87. The quantitative estimate of drug-likeness (QED) is 0.792. The fourth-order valence-corrected chi connectivity index (χ4v) is 1.97. The van der Waals surface area contributed by atoms with Crippen molar-refractivity contribution in [1.82, 2.24) is 4.98 Å². The van der Waals surface area contributed by atoms with E-state index in [1.54, 1.807) is 24.5 Å². The largest absolute Gasteiger partial charge is 0.512 e. The Bertz CT molecular complexity index is 467. The molecule has 2 rings (SSSR count). The van der Waals surface area contributed by atoms with Gasteiger partial charge in [-0.15, -0.1) is 0 Å². The lowest BCUT2D eigenvalue weighted by Gasteiger charge is -1.94. The van der Waals surface area contributed by atoms with E-state index in [0.717, 1.165) is 10.4 Å². The Labute approximate surface area is 89.8 Å². The Morgan fingerprint density at radius 2 is 2.27 bits per heavy atom. The summed E-state index contributed by atoms with van der Waals surface area (Å²) in [6, 6.07) is 7.16. The first-order valence-corrected chi connectivity index (χ1v) is 4.98. The second-order valence-electron chi connectivity index (χ2n) is 2.73. The molecule has 1 N–H and O–H groups in total. The van der Waals surface area contributed by atoms with E-state index in [1.165, 1.54) is 11.3 Å². The number of hydrogen-bond acceptors (Lipinski definition) is 4. The number of nitrogens with zero attached hydrogens (tertiary/aromatic N) is 1. The molecule has 0 bridgehead atoms. The Balaban J connectivity index is 2.24. The summed E-state index contributed by atoms with van der Waals surface area (Å²) in [7, 11) is 0. The molecule has 0 atom stereocenters. The van der Waals surface area contributed by atoms with Crippen molar-refractivity contribution in [3.8, 4) is 15.5 Å². The third kappa shape index (κ3) is 2.32. The molecule has 0 fully saturated rings. The number of aromatic nitrogens is 1. The molecule has 0 spiro atoms. The van der Waals surface area contributed by atoms with Gasteiger partial charge in [-0.3, -0.25) is 4.98 Å². The molecule has 76 valence electrons. The molecule has 15 heavy (non-hydrogen) atoms. The van der Waals surface area contributed by atoms with E-state index in [9.17, 15) is 4.79 Å². The molecular formula is C10H7NO3S. The van der Waals surface area contributed by atoms with Crippen LogP contribution >= 0.6 is 11.3 Å². The lowest BCUT2D eigenvalue weighted by Crippen LogP contribution is -2.00. The number of hydrogen-bond donors (Lipinski definition) is 1. The van der Waals surface area contributed by atoms with Gasteiger partial charge in [0.25, 0.3) is 0 Å². The normalized spacial score (nSPS) is 9.87. The number of thiophene rings is 1. The summed E-state index contributed by atoms with van der Waals surface area (Å²) >= 11 is 1.27. The van der Waals surface area contributed by atoms with Crippen LogP contribution in [0.15, 0.2) is 36.7 Å². The monoisotopic (exact) mass is 221 g/mol. The molecule has 2 aromatic rings. The molecule has 0 amide bonds. The number of rotatable bonds is 2. The molecule has 5 heteroatoms. The maximum absolute atomic E-state index is 10.3. The molecular weight excluding hydrogens is 214 g/mol. The molecule has 2 aromatic heterocycles. The smallest absolute Gasteiger partial charge is 0.449 e. The molecule has 0 aromatic carbocycles. The maximum atomic E-state index is 10.3. The predicted molar refractivity (Wildman–Crippen MR) is 56.2 cm³/mol. The van der Waals surface area contributed by atoms with Gasteiger partial charge in [0, 0.05) is 22.8 Å². The minimum atomic E-state index is -1.30. The van der Waals surface area contributed by atoms with Gasteiger partial charge in [0.1, 0.15) is 0 Å². The van der Waals surface area contributed by atoms with Gasteiger partial charge in [-0.25, -0.2) is 4.79 Å². The summed E-state index contributed by atoms with van der Waals surface area (Å²) in [5.41, 5.74) is 0.947. The van der Waals surface area contributed by atoms with Gasteiger partial charge < -0.3 is 9.84 Å². The maximum Gasteiger partial charge on any atom is 0.512 e. The van der Waals surface area contributed by atoms with Crippen LogP contribution in [0.5, 0.6) is 5.06 Å². The molecule has 4 nitrogen and oxygen atoms in total.